The van der Waals surface area contributed by atoms with Crippen molar-refractivity contribution in [3.63, 3.8) is 0 Å². The molecule has 9 aromatic rings. The van der Waals surface area contributed by atoms with Crippen LogP contribution in [0.4, 0.5) is 28.4 Å². The predicted molar refractivity (Wildman–Crippen MR) is 227 cm³/mol. The molecular formula is C48H41N5O2. The van der Waals surface area contributed by atoms with Gasteiger partial charge >= 0.3 is 0 Å². The highest BCUT2D eigenvalue weighted by molar-refractivity contribution is 6.24. The molecule has 10 rings (SSSR count). The number of anilines is 5. The van der Waals surface area contributed by atoms with Crippen molar-refractivity contribution in [2.75, 3.05) is 35.5 Å². The monoisotopic (exact) mass is 719 g/mol. The molecule has 0 bridgehead atoms. The summed E-state index contributed by atoms with van der Waals surface area (Å²) < 4.78 is 15.6. The van der Waals surface area contributed by atoms with E-state index in [0.717, 1.165) is 78.1 Å². The van der Waals surface area contributed by atoms with Crippen molar-refractivity contribution in [3.05, 3.63) is 151 Å². The van der Waals surface area contributed by atoms with E-state index in [0.29, 0.717) is 6.67 Å². The van der Waals surface area contributed by atoms with E-state index in [9.17, 15) is 0 Å². The van der Waals surface area contributed by atoms with Gasteiger partial charge in [-0.05, 0) is 76.3 Å². The van der Waals surface area contributed by atoms with Crippen molar-refractivity contribution in [1.82, 2.24) is 9.55 Å². The zero-order valence-corrected chi connectivity index (χ0v) is 31.6. The van der Waals surface area contributed by atoms with Gasteiger partial charge in [-0.15, -0.1) is 0 Å². The Balaban J connectivity index is 1.07. The van der Waals surface area contributed by atoms with E-state index in [4.69, 9.17) is 14.1 Å². The molecule has 0 unspecified atom stereocenters. The van der Waals surface area contributed by atoms with Crippen LogP contribution in [0.1, 0.15) is 26.3 Å². The first kappa shape index (κ1) is 32.9. The molecule has 6 aromatic carbocycles. The Morgan fingerprint density at radius 1 is 0.673 bits per heavy atom. The minimum Gasteiger partial charge on any atom is -0.457 e. The van der Waals surface area contributed by atoms with Gasteiger partial charge in [-0.2, -0.15) is 0 Å². The number of ether oxygens (including phenoxy) is 1. The number of para-hydroxylation sites is 3. The second kappa shape index (κ2) is 12.4. The average Bonchev–Trinajstić information content (AvgIpc) is 3.87. The molecule has 0 atom stereocenters. The SMILES string of the molecule is CN(C)c1ccnc(-n2c3cc(Oc4cccc(N5CN(c6ccccc6C(C)(C)C)c6ccccc65)c4)ccc3c3oc4ccc5ccccc5c4c32)c1. The van der Waals surface area contributed by atoms with Gasteiger partial charge < -0.3 is 23.9 Å². The van der Waals surface area contributed by atoms with E-state index in [2.05, 4.69) is 161 Å². The van der Waals surface area contributed by atoms with E-state index in [1.807, 2.05) is 38.5 Å². The Labute approximate surface area is 320 Å². The summed E-state index contributed by atoms with van der Waals surface area (Å²) in [6.45, 7) is 7.52. The van der Waals surface area contributed by atoms with Gasteiger partial charge in [0.2, 0.25) is 0 Å². The zero-order valence-electron chi connectivity index (χ0n) is 31.6. The van der Waals surface area contributed by atoms with Gasteiger partial charge in [-0.1, -0.05) is 87.5 Å². The third kappa shape index (κ3) is 5.37. The second-order valence-electron chi connectivity index (χ2n) is 15.6. The Morgan fingerprint density at radius 3 is 2.24 bits per heavy atom. The van der Waals surface area contributed by atoms with Crippen LogP contribution in [0.15, 0.2) is 150 Å². The maximum atomic E-state index is 6.72. The molecule has 55 heavy (non-hydrogen) atoms. The fourth-order valence-electron chi connectivity index (χ4n) is 8.20. The Hall–Kier alpha value is -6.73. The van der Waals surface area contributed by atoms with E-state index < -0.39 is 0 Å². The quantitative estimate of drug-likeness (QED) is 0.171. The Morgan fingerprint density at radius 2 is 1.42 bits per heavy atom. The van der Waals surface area contributed by atoms with Crippen LogP contribution in [-0.2, 0) is 5.41 Å². The lowest BCUT2D eigenvalue weighted by Crippen LogP contribution is -2.26. The van der Waals surface area contributed by atoms with Crippen molar-refractivity contribution < 1.29 is 9.15 Å². The van der Waals surface area contributed by atoms with Gasteiger partial charge in [0.1, 0.15) is 35.1 Å². The number of furan rings is 1. The second-order valence-corrected chi connectivity index (χ2v) is 15.6. The largest absolute Gasteiger partial charge is 0.457 e. The predicted octanol–water partition coefficient (Wildman–Crippen LogP) is 12.5. The van der Waals surface area contributed by atoms with E-state index in [-0.39, 0.29) is 5.41 Å². The molecular weight excluding hydrogens is 679 g/mol. The summed E-state index contributed by atoms with van der Waals surface area (Å²) in [5, 5.41) is 4.37. The first-order chi connectivity index (χ1) is 26.7. The highest BCUT2D eigenvalue weighted by atomic mass is 16.5. The van der Waals surface area contributed by atoms with Crippen molar-refractivity contribution in [3.8, 4) is 17.3 Å². The number of fused-ring (bicyclic) bond motifs is 8. The molecule has 1 aliphatic heterocycles. The molecule has 0 spiro atoms. The molecule has 0 aliphatic carbocycles. The van der Waals surface area contributed by atoms with Crippen molar-refractivity contribution in [1.29, 1.82) is 0 Å². The van der Waals surface area contributed by atoms with Crippen LogP contribution in [-0.4, -0.2) is 30.3 Å². The van der Waals surface area contributed by atoms with Crippen LogP contribution in [0.25, 0.3) is 49.6 Å². The standard InChI is InChI=1S/C48H41N5O2/c1-48(2,3)38-17-8-9-18-39(38)52-30-51(40-19-10-11-20-41(40)52)33-14-12-15-34(27-33)54-35-22-23-37-42(29-35)53(44-28-32(50(4)5)25-26-49-44)46-45-36-16-7-6-13-31(36)21-24-43(45)55-47(37)46/h6-29H,30H2,1-5H3. The fraction of sp³-hybridized carbons (Fsp3) is 0.146. The average molecular weight is 720 g/mol. The van der Waals surface area contributed by atoms with E-state index >= 15 is 0 Å². The highest BCUT2D eigenvalue weighted by Gasteiger charge is 2.31. The van der Waals surface area contributed by atoms with Crippen LogP contribution in [0.2, 0.25) is 0 Å². The summed E-state index contributed by atoms with van der Waals surface area (Å²) in [6, 6.07) is 48.9. The maximum Gasteiger partial charge on any atom is 0.161 e. The third-order valence-corrected chi connectivity index (χ3v) is 10.8. The smallest absolute Gasteiger partial charge is 0.161 e. The number of pyridine rings is 1. The summed E-state index contributed by atoms with van der Waals surface area (Å²) in [7, 11) is 4.10. The molecule has 0 saturated carbocycles. The third-order valence-electron chi connectivity index (χ3n) is 10.8. The van der Waals surface area contributed by atoms with Gasteiger partial charge in [-0.25, -0.2) is 4.98 Å². The van der Waals surface area contributed by atoms with Crippen molar-refractivity contribution >= 4 is 72.2 Å². The molecule has 0 N–H and O–H groups in total. The zero-order chi connectivity index (χ0) is 37.4. The van der Waals surface area contributed by atoms with Crippen LogP contribution in [0.5, 0.6) is 11.5 Å². The minimum absolute atomic E-state index is 0.00231. The lowest BCUT2D eigenvalue weighted by atomic mass is 9.85. The first-order valence-electron chi connectivity index (χ1n) is 18.8. The minimum atomic E-state index is 0.00231. The lowest BCUT2D eigenvalue weighted by Gasteiger charge is -2.29. The fourth-order valence-corrected chi connectivity index (χ4v) is 8.20. The van der Waals surface area contributed by atoms with Gasteiger partial charge in [0, 0.05) is 60.9 Å². The van der Waals surface area contributed by atoms with Crippen LogP contribution < -0.4 is 19.4 Å². The van der Waals surface area contributed by atoms with Gasteiger partial charge in [0.05, 0.1) is 22.3 Å². The van der Waals surface area contributed by atoms with E-state index in [1.54, 1.807) is 0 Å². The maximum absolute atomic E-state index is 6.72. The van der Waals surface area contributed by atoms with Crippen molar-refractivity contribution in [2.24, 2.45) is 0 Å². The molecule has 7 heteroatoms. The van der Waals surface area contributed by atoms with Crippen molar-refractivity contribution in [2.45, 2.75) is 26.2 Å². The molecule has 3 aromatic heterocycles. The first-order valence-corrected chi connectivity index (χ1v) is 18.8. The van der Waals surface area contributed by atoms with Crippen LogP contribution in [0.3, 0.4) is 0 Å². The summed E-state index contributed by atoms with van der Waals surface area (Å²) in [5.74, 6) is 2.30. The number of aromatic nitrogens is 2. The number of hydrogen-bond acceptors (Lipinski definition) is 6. The van der Waals surface area contributed by atoms with Gasteiger partial charge in [0.15, 0.2) is 5.58 Å². The highest BCUT2D eigenvalue weighted by Crippen LogP contribution is 2.48. The molecule has 4 heterocycles. The van der Waals surface area contributed by atoms with Gasteiger partial charge in [0.25, 0.3) is 0 Å². The number of benzene rings is 6. The summed E-state index contributed by atoms with van der Waals surface area (Å²) >= 11 is 0. The Kier molecular flexibility index (Phi) is 7.43. The Bertz CT molecular complexity index is 2930. The number of rotatable bonds is 6. The lowest BCUT2D eigenvalue weighted by molar-refractivity contribution is 0.483. The van der Waals surface area contributed by atoms with Gasteiger partial charge in [-0.3, -0.25) is 4.57 Å². The normalized spacial score (nSPS) is 13.0. The molecule has 0 fully saturated rings. The molecule has 0 radical (unpaired) electrons. The van der Waals surface area contributed by atoms with E-state index in [1.165, 1.54) is 16.9 Å². The summed E-state index contributed by atoms with van der Waals surface area (Å²) in [5.41, 5.74) is 10.7. The van der Waals surface area contributed by atoms with Crippen LogP contribution >= 0.6 is 0 Å². The molecule has 0 saturated heterocycles. The topological polar surface area (TPSA) is 49.9 Å². The number of nitrogens with zero attached hydrogens (tertiary/aromatic N) is 5. The molecule has 1 aliphatic rings. The number of hydrogen-bond donors (Lipinski definition) is 0. The molecule has 0 amide bonds. The summed E-state index contributed by atoms with van der Waals surface area (Å²) in [6.07, 6.45) is 1.87. The molecule has 270 valence electrons. The summed E-state index contributed by atoms with van der Waals surface area (Å²) in [4.78, 5) is 11.8. The molecule has 7 nitrogen and oxygen atoms in total. The van der Waals surface area contributed by atoms with Crippen LogP contribution in [0, 0.1) is 0 Å².